The molecule has 65 heavy (non-hydrogen) atoms. The highest BCUT2D eigenvalue weighted by molar-refractivity contribution is 8.00. The summed E-state index contributed by atoms with van der Waals surface area (Å²) in [6.45, 7) is 7.40. The molecule has 3 fully saturated rings. The number of hydrogen-bond acceptors (Lipinski definition) is 14. The predicted octanol–water partition coefficient (Wildman–Crippen LogP) is 3.78. The van der Waals surface area contributed by atoms with E-state index in [-0.39, 0.29) is 67.1 Å². The SMILES string of the molecule is CNC(=O)C[C@H](OC(=O)C(C)N(C)C(=O)CCCCCN1C(=O)CC(SCC(N)C(=O)O)C1=O)C1(C)OC1[C@H](C)C1CC(C/C=C/C=C(\C)Cc2ccc(Cl)c(OC)c2)NC(=O)O1.CO. The van der Waals surface area contributed by atoms with E-state index in [9.17, 15) is 33.6 Å². The number of epoxide rings is 1. The Kier molecular flexibility index (Phi) is 21.7. The summed E-state index contributed by atoms with van der Waals surface area (Å²) in [4.78, 5) is 90.6. The third kappa shape index (κ3) is 15.7. The monoisotopic (exact) mass is 951 g/mol. The molecule has 3 saturated heterocycles. The minimum Gasteiger partial charge on any atom is -0.495 e. The van der Waals surface area contributed by atoms with E-state index in [1.54, 1.807) is 14.0 Å². The van der Waals surface area contributed by atoms with E-state index in [4.69, 9.17) is 46.5 Å². The Morgan fingerprint density at radius 3 is 2.54 bits per heavy atom. The van der Waals surface area contributed by atoms with Gasteiger partial charge in [0.2, 0.25) is 23.6 Å². The molecule has 20 heteroatoms. The first-order valence-corrected chi connectivity index (χ1v) is 23.1. The maximum absolute atomic E-state index is 13.5. The molecule has 0 aromatic heterocycles. The largest absolute Gasteiger partial charge is 0.495 e. The summed E-state index contributed by atoms with van der Waals surface area (Å²) in [6, 6.07) is 3.35. The number of methoxy groups -OCH3 is 1. The van der Waals surface area contributed by atoms with Crippen molar-refractivity contribution in [2.75, 3.05) is 40.6 Å². The summed E-state index contributed by atoms with van der Waals surface area (Å²) in [6.07, 6.45) is 6.51. The number of cyclic esters (lactones) is 1. The van der Waals surface area contributed by atoms with E-state index in [1.807, 2.05) is 50.3 Å². The summed E-state index contributed by atoms with van der Waals surface area (Å²) in [5.74, 6) is -2.98. The fraction of sp³-hybridized carbons (Fsp3) is 0.622. The lowest BCUT2D eigenvalue weighted by Gasteiger charge is -2.33. The molecule has 5 amide bonds. The number of likely N-dealkylation sites (tertiary alicyclic amines) is 1. The lowest BCUT2D eigenvalue weighted by molar-refractivity contribution is -0.162. The van der Waals surface area contributed by atoms with Crippen molar-refractivity contribution in [3.63, 3.8) is 0 Å². The fourth-order valence-corrected chi connectivity index (χ4v) is 8.96. The van der Waals surface area contributed by atoms with Crippen molar-refractivity contribution in [3.8, 4) is 5.75 Å². The Balaban J connectivity index is 0.00000553. The molecule has 0 radical (unpaired) electrons. The Bertz CT molecular complexity index is 1920. The maximum atomic E-state index is 13.5. The molecule has 18 nitrogen and oxygen atoms in total. The van der Waals surface area contributed by atoms with Gasteiger partial charge in [-0.3, -0.25) is 28.9 Å². The summed E-state index contributed by atoms with van der Waals surface area (Å²) in [7, 11) is 5.54. The second kappa shape index (κ2) is 25.9. The third-order valence-corrected chi connectivity index (χ3v) is 13.5. The molecule has 0 spiro atoms. The van der Waals surface area contributed by atoms with Crippen LogP contribution in [0.3, 0.4) is 0 Å². The zero-order valence-electron chi connectivity index (χ0n) is 38.5. The molecule has 0 aliphatic carbocycles. The number of nitrogens with zero attached hydrogens (tertiary/aromatic N) is 2. The first-order valence-electron chi connectivity index (χ1n) is 21.6. The highest BCUT2D eigenvalue weighted by Crippen LogP contribution is 2.48. The number of unbranched alkanes of at least 4 members (excludes halogenated alkanes) is 2. The minimum atomic E-state index is -1.18. The van der Waals surface area contributed by atoms with Gasteiger partial charge in [-0.2, -0.15) is 0 Å². The number of alkyl carbamates (subject to hydrolysis) is 1. The van der Waals surface area contributed by atoms with Crippen molar-refractivity contribution < 1.29 is 62.7 Å². The smallest absolute Gasteiger partial charge is 0.407 e. The highest BCUT2D eigenvalue weighted by atomic mass is 35.5. The van der Waals surface area contributed by atoms with Gasteiger partial charge >= 0.3 is 18.0 Å². The molecule has 9 atom stereocenters. The van der Waals surface area contributed by atoms with Crippen LogP contribution in [0.5, 0.6) is 5.75 Å². The lowest BCUT2D eigenvalue weighted by Crippen LogP contribution is -2.49. The van der Waals surface area contributed by atoms with Crippen molar-refractivity contribution in [3.05, 3.63) is 52.6 Å². The first kappa shape index (κ1) is 54.6. The maximum Gasteiger partial charge on any atom is 0.407 e. The number of thioether (sulfide) groups is 1. The third-order valence-electron chi connectivity index (χ3n) is 11.8. The van der Waals surface area contributed by atoms with E-state index in [1.165, 1.54) is 30.8 Å². The van der Waals surface area contributed by atoms with E-state index in [2.05, 4.69) is 10.6 Å². The van der Waals surface area contributed by atoms with Crippen LogP contribution in [0, 0.1) is 5.92 Å². The summed E-state index contributed by atoms with van der Waals surface area (Å²) >= 11 is 7.21. The number of rotatable bonds is 24. The Labute approximate surface area is 390 Å². The number of nitrogens with one attached hydrogen (secondary N) is 2. The van der Waals surface area contributed by atoms with Gasteiger partial charge in [0.15, 0.2) is 0 Å². The normalized spacial score (nSPS) is 23.6. The standard InChI is InChI=1S/C44H62ClN5O12S.CH4O/c1-25(19-28-16-17-30(45)33(20-28)59-7)13-10-11-14-29-21-32(60-43(58)48-29)26(2)39-44(4,62-39)35(23-36(51)47-5)61-42(57)27(3)49(6)37(52)15-9-8-12-18-50-38(53)22-34(40(50)54)63-24-31(46)41(55)56;1-2/h10-11,13,16-17,20,26-27,29,31-32,34-35,39H,8-9,12,14-15,18-19,21-24,46H2,1-7H3,(H,47,51)(H,48,58)(H,55,56);2H,1H3/b11-10+,25-13+;/t26-,27?,29?,31?,32?,34?,35+,39?,44?;/m1./s1. The van der Waals surface area contributed by atoms with Crippen molar-refractivity contribution in [2.45, 2.75) is 133 Å². The number of imide groups is 1. The van der Waals surface area contributed by atoms with Crippen LogP contribution >= 0.6 is 23.4 Å². The van der Waals surface area contributed by atoms with Crippen LogP contribution in [0.2, 0.25) is 5.02 Å². The number of ether oxygens (including phenoxy) is 4. The van der Waals surface area contributed by atoms with Crippen LogP contribution in [-0.2, 0) is 49.4 Å². The van der Waals surface area contributed by atoms with Crippen molar-refractivity contribution >= 4 is 65.0 Å². The zero-order chi connectivity index (χ0) is 48.6. The number of benzene rings is 1. The van der Waals surface area contributed by atoms with Crippen LogP contribution in [0.1, 0.15) is 84.6 Å². The van der Waals surface area contributed by atoms with Crippen molar-refractivity contribution in [2.24, 2.45) is 11.7 Å². The fourth-order valence-electron chi connectivity index (χ4n) is 7.65. The number of allylic oxidation sites excluding steroid dienone is 3. The molecule has 362 valence electrons. The van der Waals surface area contributed by atoms with Crippen LogP contribution < -0.4 is 21.1 Å². The quantitative estimate of drug-likeness (QED) is 0.0325. The van der Waals surface area contributed by atoms with E-state index >= 15 is 0 Å². The molecular formula is C45H66ClN5O13S. The first-order chi connectivity index (χ1) is 30.8. The van der Waals surface area contributed by atoms with Gasteiger partial charge in [0.1, 0.15) is 35.6 Å². The number of aliphatic carboxylic acids is 1. The zero-order valence-corrected chi connectivity index (χ0v) is 40.1. The molecule has 0 saturated carbocycles. The second-order valence-electron chi connectivity index (χ2n) is 16.6. The molecule has 6 N–H and O–H groups in total. The van der Waals surface area contributed by atoms with Crippen molar-refractivity contribution in [1.29, 1.82) is 0 Å². The van der Waals surface area contributed by atoms with Gasteiger partial charge < -0.3 is 50.4 Å². The number of carbonyl (C=O) groups excluding carboxylic acids is 6. The molecule has 3 aliphatic heterocycles. The number of likely N-dealkylation sites (N-methyl/N-ethyl adjacent to an activating group) is 1. The molecule has 0 bridgehead atoms. The number of esters is 1. The van der Waals surface area contributed by atoms with Gasteiger partial charge in [-0.1, -0.05) is 54.8 Å². The van der Waals surface area contributed by atoms with Gasteiger partial charge in [-0.05, 0) is 64.2 Å². The summed E-state index contributed by atoms with van der Waals surface area (Å²) in [5, 5.41) is 21.3. The number of aliphatic hydroxyl groups is 1. The number of nitrogens with two attached hydrogens (primary N) is 1. The van der Waals surface area contributed by atoms with Gasteiger partial charge in [0, 0.05) is 64.7 Å². The summed E-state index contributed by atoms with van der Waals surface area (Å²) in [5.41, 5.74) is 6.64. The average Bonchev–Trinajstić information content (AvgIpc) is 3.91. The van der Waals surface area contributed by atoms with Crippen molar-refractivity contribution in [1.82, 2.24) is 20.4 Å². The Hall–Kier alpha value is -4.69. The van der Waals surface area contributed by atoms with Crippen LogP contribution in [0.25, 0.3) is 0 Å². The second-order valence-corrected chi connectivity index (χ2v) is 18.2. The molecule has 1 aromatic carbocycles. The lowest BCUT2D eigenvalue weighted by atomic mass is 9.85. The van der Waals surface area contributed by atoms with Crippen LogP contribution in [-0.4, -0.2) is 150 Å². The number of halogens is 1. The Morgan fingerprint density at radius 1 is 1.17 bits per heavy atom. The topological polar surface area (TPSA) is 257 Å². The van der Waals surface area contributed by atoms with Gasteiger partial charge in [-0.25, -0.2) is 9.59 Å². The van der Waals surface area contributed by atoms with E-state index in [0.29, 0.717) is 49.3 Å². The number of hydrogen-bond donors (Lipinski definition) is 5. The molecule has 1 aromatic rings. The van der Waals surface area contributed by atoms with E-state index in [0.717, 1.165) is 30.0 Å². The molecule has 3 aliphatic rings. The molecule has 3 heterocycles. The number of aliphatic hydroxyl groups excluding tert-OH is 1. The minimum absolute atomic E-state index is 0.0110. The van der Waals surface area contributed by atoms with E-state index < -0.39 is 59.3 Å². The van der Waals surface area contributed by atoms with Crippen LogP contribution in [0.15, 0.2) is 42.0 Å². The van der Waals surface area contributed by atoms with Gasteiger partial charge in [0.25, 0.3) is 0 Å². The molecule has 7 unspecified atom stereocenters. The Morgan fingerprint density at radius 2 is 1.88 bits per heavy atom. The number of carboxylic acid groups (broad SMARTS) is 1. The predicted molar refractivity (Wildman–Crippen MR) is 244 cm³/mol. The number of carboxylic acids is 1. The highest BCUT2D eigenvalue weighted by Gasteiger charge is 2.63. The number of amides is 5. The molecular weight excluding hydrogens is 886 g/mol. The average molecular weight is 953 g/mol. The number of carbonyl (C=O) groups is 7. The van der Waals surface area contributed by atoms with Gasteiger partial charge in [0.05, 0.1) is 29.9 Å². The van der Waals surface area contributed by atoms with Crippen LogP contribution in [0.4, 0.5) is 4.79 Å². The molecule has 4 rings (SSSR count). The van der Waals surface area contributed by atoms with Gasteiger partial charge in [-0.15, -0.1) is 11.8 Å². The summed E-state index contributed by atoms with van der Waals surface area (Å²) < 4.78 is 23.1.